The Morgan fingerprint density at radius 2 is 1.67 bits per heavy atom. The number of halogens is 6. The summed E-state index contributed by atoms with van der Waals surface area (Å²) in [6, 6.07) is 1.71. The van der Waals surface area contributed by atoms with Crippen molar-refractivity contribution in [2.45, 2.75) is 0 Å². The molecule has 0 atom stereocenters. The number of rotatable bonds is 0. The lowest BCUT2D eigenvalue weighted by Crippen LogP contribution is -2.07. The van der Waals surface area contributed by atoms with Gasteiger partial charge in [0.2, 0.25) is 5.43 Å². The van der Waals surface area contributed by atoms with E-state index in [9.17, 15) is 4.79 Å². The van der Waals surface area contributed by atoms with Gasteiger partial charge in [0.05, 0.1) is 33.6 Å². The molecule has 0 spiro atoms. The largest absolute Gasteiger partial charge is 0.287 e. The summed E-state index contributed by atoms with van der Waals surface area (Å²) in [6.45, 7) is 0. The first-order chi connectivity index (χ1) is 9.82. The van der Waals surface area contributed by atoms with E-state index in [0.717, 1.165) is 0 Å². The van der Waals surface area contributed by atoms with Crippen molar-refractivity contribution in [3.8, 4) is 10.6 Å². The van der Waals surface area contributed by atoms with Crippen LogP contribution in [0.5, 0.6) is 0 Å². The van der Waals surface area contributed by atoms with Gasteiger partial charge in [0.25, 0.3) is 0 Å². The van der Waals surface area contributed by atoms with E-state index in [0.29, 0.717) is 35.3 Å². The van der Waals surface area contributed by atoms with Gasteiger partial charge in [-0.05, 0) is 37.9 Å². The monoisotopic (exact) mass is 505 g/mol. The van der Waals surface area contributed by atoms with Crippen molar-refractivity contribution >= 4 is 99.8 Å². The lowest BCUT2D eigenvalue weighted by molar-refractivity contribution is 1.39. The summed E-state index contributed by atoms with van der Waals surface area (Å²) in [5.74, 6) is 0. The third-order valence-corrected chi connectivity index (χ3v) is 7.66. The quantitative estimate of drug-likeness (QED) is 0.188. The maximum Gasteiger partial charge on any atom is 0.214 e. The lowest BCUT2D eigenvalue weighted by atomic mass is 10.2. The first kappa shape index (κ1) is 16.2. The fourth-order valence-electron chi connectivity index (χ4n) is 1.77. The van der Waals surface area contributed by atoms with Crippen molar-refractivity contribution in [3.05, 3.63) is 45.3 Å². The van der Waals surface area contributed by atoms with E-state index in [4.69, 9.17) is 46.4 Å². The van der Waals surface area contributed by atoms with Gasteiger partial charge in [-0.1, -0.05) is 46.4 Å². The minimum Gasteiger partial charge on any atom is -0.287 e. The average Bonchev–Trinajstić information content (AvgIpc) is 2.47. The lowest BCUT2D eigenvalue weighted by Gasteiger charge is -2.12. The fourth-order valence-corrected chi connectivity index (χ4v) is 4.83. The van der Waals surface area contributed by atoms with E-state index in [1.807, 2.05) is 0 Å². The Labute approximate surface area is 159 Å². The van der Waals surface area contributed by atoms with Gasteiger partial charge in [-0.15, -0.1) is 11.3 Å². The van der Waals surface area contributed by atoms with Gasteiger partial charge < -0.3 is 0 Å². The molecule has 9 heteroatoms. The molecule has 3 rings (SSSR count). The molecule has 0 saturated heterocycles. The predicted molar refractivity (Wildman–Crippen MR) is 98.0 cm³/mol. The van der Waals surface area contributed by atoms with Crippen LogP contribution in [0.15, 0.2) is 19.8 Å². The van der Waals surface area contributed by atoms with Gasteiger partial charge in [0, 0.05) is 0 Å². The number of aromatic nitrogens is 1. The van der Waals surface area contributed by atoms with Gasteiger partial charge in [-0.2, -0.15) is 0 Å². The van der Waals surface area contributed by atoms with Crippen LogP contribution in [0.3, 0.4) is 0 Å². The summed E-state index contributed by atoms with van der Waals surface area (Å²) >= 11 is 32.3. The van der Waals surface area contributed by atoms with Gasteiger partial charge in [-0.3, -0.25) is 4.79 Å². The van der Waals surface area contributed by atoms with E-state index in [2.05, 4.69) is 36.8 Å². The molecule has 0 N–H and O–H groups in total. The zero-order valence-electron chi connectivity index (χ0n) is 9.61. The molecule has 1 aliphatic carbocycles. The van der Waals surface area contributed by atoms with Gasteiger partial charge in [0.1, 0.15) is 16.2 Å². The highest BCUT2D eigenvalue weighted by Gasteiger charge is 2.23. The minimum atomic E-state index is -0.374. The Morgan fingerprint density at radius 1 is 1.00 bits per heavy atom. The number of fused-ring (bicyclic) bond motifs is 2. The molecule has 1 heterocycles. The third kappa shape index (κ3) is 2.51. The Balaban J connectivity index is 2.60. The first-order valence-electron chi connectivity index (χ1n) is 5.27. The van der Waals surface area contributed by atoms with Gasteiger partial charge in [0.15, 0.2) is 0 Å². The summed E-state index contributed by atoms with van der Waals surface area (Å²) in [5.41, 5.74) is 0.580. The van der Waals surface area contributed by atoms with E-state index in [1.54, 1.807) is 6.07 Å². The number of benzene rings is 2. The molecular formula is C12HBr2Cl4NOS. The highest BCUT2D eigenvalue weighted by atomic mass is 79.9. The van der Waals surface area contributed by atoms with Gasteiger partial charge in [-0.25, -0.2) is 4.98 Å². The van der Waals surface area contributed by atoms with Crippen molar-refractivity contribution in [3.63, 3.8) is 0 Å². The second-order valence-corrected chi connectivity index (χ2v) is 8.18. The maximum atomic E-state index is 12.0. The van der Waals surface area contributed by atoms with Crippen molar-refractivity contribution in [1.82, 2.24) is 4.98 Å². The smallest absolute Gasteiger partial charge is 0.214 e. The minimum absolute atomic E-state index is 0.0656. The molecule has 2 nitrogen and oxygen atoms in total. The normalized spacial score (nSPS) is 11.5. The molecule has 1 aliphatic heterocycles. The van der Waals surface area contributed by atoms with Crippen LogP contribution in [0.25, 0.3) is 20.8 Å². The Morgan fingerprint density at radius 3 is 2.33 bits per heavy atom. The third-order valence-electron chi connectivity index (χ3n) is 2.75. The van der Waals surface area contributed by atoms with E-state index < -0.39 is 0 Å². The number of nitrogens with zero attached hydrogens (tertiary/aromatic N) is 1. The van der Waals surface area contributed by atoms with Gasteiger partial charge >= 0.3 is 0 Å². The van der Waals surface area contributed by atoms with Crippen molar-refractivity contribution in [2.24, 2.45) is 0 Å². The molecule has 21 heavy (non-hydrogen) atoms. The first-order valence-corrected chi connectivity index (χ1v) is 9.19. The van der Waals surface area contributed by atoms with Crippen molar-refractivity contribution < 1.29 is 0 Å². The molecule has 0 amide bonds. The fraction of sp³-hybridized carbons (Fsp3) is 0. The molecule has 0 saturated carbocycles. The highest BCUT2D eigenvalue weighted by molar-refractivity contribution is 9.11. The summed E-state index contributed by atoms with van der Waals surface area (Å²) < 4.78 is 1.45. The van der Waals surface area contributed by atoms with E-state index in [-0.39, 0.29) is 19.9 Å². The van der Waals surface area contributed by atoms with E-state index in [1.165, 1.54) is 11.3 Å². The highest BCUT2D eigenvalue weighted by Crippen LogP contribution is 2.45. The van der Waals surface area contributed by atoms with Crippen LogP contribution >= 0.6 is 89.6 Å². The molecule has 0 unspecified atom stereocenters. The topological polar surface area (TPSA) is 30.0 Å². The number of hydrogen-bond donors (Lipinski definition) is 0. The summed E-state index contributed by atoms with van der Waals surface area (Å²) in [7, 11) is 0. The molecule has 1 aromatic carbocycles. The second-order valence-electron chi connectivity index (χ2n) is 4.00. The predicted octanol–water partition coefficient (Wildman–Crippen LogP) is 6.90. The molecular weight excluding hydrogens is 508 g/mol. The zero-order chi connectivity index (χ0) is 15.5. The van der Waals surface area contributed by atoms with Crippen LogP contribution < -0.4 is 5.43 Å². The van der Waals surface area contributed by atoms with Crippen molar-refractivity contribution in [1.29, 1.82) is 0 Å². The number of hydrogen-bond acceptors (Lipinski definition) is 3. The van der Waals surface area contributed by atoms with Crippen LogP contribution in [-0.2, 0) is 0 Å². The summed E-state index contributed by atoms with van der Waals surface area (Å²) in [6.07, 6.45) is 0. The van der Waals surface area contributed by atoms with Crippen LogP contribution in [0.4, 0.5) is 0 Å². The molecule has 1 aromatic rings. The Kier molecular flexibility index (Phi) is 4.47. The SMILES string of the molecule is O=c1c(Cl)c2sc3cc(Cl)c(Br)c(Cl)c3nc-2c(Cl)c1Br. The van der Waals surface area contributed by atoms with Crippen molar-refractivity contribution in [2.75, 3.05) is 0 Å². The van der Waals surface area contributed by atoms with Crippen LogP contribution in [0.1, 0.15) is 0 Å². The molecule has 0 radical (unpaired) electrons. The van der Waals surface area contributed by atoms with Crippen LogP contribution in [0.2, 0.25) is 20.1 Å². The summed E-state index contributed by atoms with van der Waals surface area (Å²) in [5, 5.41) is 1.10. The van der Waals surface area contributed by atoms with E-state index >= 15 is 0 Å². The molecule has 0 fully saturated rings. The average molecular weight is 509 g/mol. The Bertz CT molecular complexity index is 943. The molecule has 2 aliphatic rings. The van der Waals surface area contributed by atoms with Crippen LogP contribution in [-0.4, -0.2) is 4.98 Å². The molecule has 108 valence electrons. The van der Waals surface area contributed by atoms with Crippen LogP contribution in [0, 0.1) is 0 Å². The Hall–Kier alpha value is 0.380. The summed E-state index contributed by atoms with van der Waals surface area (Å²) in [4.78, 5) is 16.9. The standard InChI is InChI=1S/C12HBr2Cl4NOS/c13-4-2(15)1-3-9(6(4)16)19-10-7(17)5(14)11(20)8(18)12(10)21-3/h1H. The molecule has 0 aromatic heterocycles. The zero-order valence-corrected chi connectivity index (χ0v) is 16.6. The molecule has 0 bridgehead atoms. The maximum absolute atomic E-state index is 12.0. The second kappa shape index (κ2) is 5.78.